The number of fused-ring (bicyclic) bond motifs is 8. The number of nitrogens with one attached hydrogen (secondary N) is 2. The van der Waals surface area contributed by atoms with Gasteiger partial charge in [0.15, 0.2) is 5.69 Å². The van der Waals surface area contributed by atoms with E-state index in [2.05, 4.69) is 9.97 Å². The van der Waals surface area contributed by atoms with E-state index < -0.39 is 9.85 Å². The summed E-state index contributed by atoms with van der Waals surface area (Å²) in [5, 5.41) is 25.9. The van der Waals surface area contributed by atoms with Crippen LogP contribution in [0.2, 0.25) is 0 Å². The van der Waals surface area contributed by atoms with Crippen LogP contribution < -0.4 is 0 Å². The van der Waals surface area contributed by atoms with Gasteiger partial charge in [-0.15, -0.1) is 0 Å². The predicted octanol–water partition coefficient (Wildman–Crippen LogP) is 10.8. The minimum absolute atomic E-state index is 0.00322. The smallest absolute Gasteiger partial charge is 0.297 e. The Labute approximate surface area is 307 Å². The fourth-order valence-corrected chi connectivity index (χ4v) is 7.24. The van der Waals surface area contributed by atoms with Gasteiger partial charge in [0, 0.05) is 45.4 Å². The minimum Gasteiger partial charge on any atom is -0.354 e. The first-order valence-electron chi connectivity index (χ1n) is 17.2. The van der Waals surface area contributed by atoms with Crippen LogP contribution in [0.5, 0.6) is 0 Å². The van der Waals surface area contributed by atoms with Crippen molar-refractivity contribution in [2.24, 2.45) is 0 Å². The molecule has 0 saturated heterocycles. The standard InChI is InChI=1S/C44H28N6O4/c51-49(52)37-25-35-40(28-15-7-2-8-16-28)33-23-21-31(45-33)39(27-13-5-1-6-14-27)32-22-24-34(46-32)41(29-17-9-3-10-18-29)36-26-38(50(53)54)44(48-36)42(43(37)47-35)30-19-11-4-12-20-30/h1-26,45,48H. The largest absolute Gasteiger partial charge is 0.354 e. The second-order valence-electron chi connectivity index (χ2n) is 12.8. The zero-order valence-corrected chi connectivity index (χ0v) is 28.4. The Morgan fingerprint density at radius 1 is 0.463 bits per heavy atom. The van der Waals surface area contributed by atoms with Gasteiger partial charge in [-0.25, -0.2) is 9.97 Å². The third-order valence-electron chi connectivity index (χ3n) is 9.58. The van der Waals surface area contributed by atoms with E-state index in [4.69, 9.17) is 9.97 Å². The van der Waals surface area contributed by atoms with Crippen LogP contribution >= 0.6 is 0 Å². The molecule has 0 spiro atoms. The van der Waals surface area contributed by atoms with E-state index in [-0.39, 0.29) is 28.2 Å². The van der Waals surface area contributed by atoms with E-state index in [0.29, 0.717) is 44.8 Å². The summed E-state index contributed by atoms with van der Waals surface area (Å²) in [5.41, 5.74) is 8.31. The van der Waals surface area contributed by atoms with Gasteiger partial charge in [-0.05, 0) is 46.5 Å². The molecule has 7 aromatic rings. The topological polar surface area (TPSA) is 144 Å². The molecule has 0 atom stereocenters. The van der Waals surface area contributed by atoms with Crippen molar-refractivity contribution in [1.29, 1.82) is 0 Å². The third kappa shape index (κ3) is 5.55. The van der Waals surface area contributed by atoms with Crippen LogP contribution in [0.15, 0.2) is 140 Å². The Hall–Kier alpha value is -7.72. The summed E-state index contributed by atoms with van der Waals surface area (Å²) in [4.78, 5) is 42.2. The van der Waals surface area contributed by atoms with Crippen molar-refractivity contribution < 1.29 is 9.85 Å². The maximum Gasteiger partial charge on any atom is 0.297 e. The average Bonchev–Trinajstić information content (AvgIpc) is 4.03. The molecule has 4 aromatic carbocycles. The molecular weight excluding hydrogens is 677 g/mol. The molecule has 8 bridgehead atoms. The van der Waals surface area contributed by atoms with Gasteiger partial charge in [-0.1, -0.05) is 121 Å². The van der Waals surface area contributed by atoms with Gasteiger partial charge >= 0.3 is 0 Å². The monoisotopic (exact) mass is 704 g/mol. The van der Waals surface area contributed by atoms with Gasteiger partial charge < -0.3 is 9.97 Å². The highest BCUT2D eigenvalue weighted by Gasteiger charge is 2.31. The molecule has 0 radical (unpaired) electrons. The van der Waals surface area contributed by atoms with E-state index in [9.17, 15) is 20.2 Å². The highest BCUT2D eigenvalue weighted by Crippen LogP contribution is 2.42. The molecule has 258 valence electrons. The van der Waals surface area contributed by atoms with E-state index in [1.807, 2.05) is 121 Å². The van der Waals surface area contributed by atoms with Crippen molar-refractivity contribution in [3.63, 3.8) is 0 Å². The lowest BCUT2D eigenvalue weighted by Gasteiger charge is -2.06. The SMILES string of the molecule is O=[N+]([O-])C1=Cc2nc1c(-c1ccccc1)c1[nH]c(cc1[N+](=O)[O-])c(-c1ccccc1)c1nc(c(-c3ccccc3)c3ccc([nH]3)c2-c2ccccc2)C=C1. The predicted molar refractivity (Wildman–Crippen MR) is 213 cm³/mol. The molecule has 0 amide bonds. The number of rotatable bonds is 6. The summed E-state index contributed by atoms with van der Waals surface area (Å²) < 4.78 is 0. The fraction of sp³-hybridized carbons (Fsp3) is 0. The Kier molecular flexibility index (Phi) is 7.82. The van der Waals surface area contributed by atoms with Crippen molar-refractivity contribution in [1.82, 2.24) is 19.9 Å². The average molecular weight is 705 g/mol. The Balaban J connectivity index is 1.57. The molecule has 2 aliphatic rings. The Bertz CT molecular complexity index is 2860. The molecule has 0 fully saturated rings. The molecule has 2 N–H and O–H groups in total. The third-order valence-corrected chi connectivity index (χ3v) is 9.58. The van der Waals surface area contributed by atoms with E-state index in [1.54, 1.807) is 24.3 Å². The number of aromatic nitrogens is 4. The second kappa shape index (κ2) is 13.1. The van der Waals surface area contributed by atoms with Crippen molar-refractivity contribution in [3.05, 3.63) is 183 Å². The second-order valence-corrected chi connectivity index (χ2v) is 12.8. The van der Waals surface area contributed by atoms with E-state index >= 15 is 0 Å². The molecule has 5 heterocycles. The molecule has 0 aliphatic carbocycles. The Morgan fingerprint density at radius 2 is 0.907 bits per heavy atom. The van der Waals surface area contributed by atoms with Crippen LogP contribution in [0.3, 0.4) is 0 Å². The van der Waals surface area contributed by atoms with E-state index in [0.717, 1.165) is 27.8 Å². The van der Waals surface area contributed by atoms with Gasteiger partial charge in [-0.3, -0.25) is 20.2 Å². The number of H-pyrrole nitrogens is 2. The van der Waals surface area contributed by atoms with Gasteiger partial charge in [0.1, 0.15) is 5.52 Å². The van der Waals surface area contributed by atoms with E-state index in [1.165, 1.54) is 12.1 Å². The summed E-state index contributed by atoms with van der Waals surface area (Å²) in [6, 6.07) is 43.3. The number of hydrogen-bond acceptors (Lipinski definition) is 6. The van der Waals surface area contributed by atoms with Crippen LogP contribution in [-0.4, -0.2) is 29.8 Å². The van der Waals surface area contributed by atoms with Crippen molar-refractivity contribution in [2.45, 2.75) is 0 Å². The number of hydrogen-bond donors (Lipinski definition) is 2. The summed E-state index contributed by atoms with van der Waals surface area (Å²) in [7, 11) is 0. The fourth-order valence-electron chi connectivity index (χ4n) is 7.24. The van der Waals surface area contributed by atoms with Gasteiger partial charge in [-0.2, -0.15) is 0 Å². The van der Waals surface area contributed by atoms with Crippen molar-refractivity contribution in [2.75, 3.05) is 0 Å². The molecular formula is C44H28N6O4. The summed E-state index contributed by atoms with van der Waals surface area (Å²) in [5.74, 6) is 0. The zero-order chi connectivity index (χ0) is 36.8. The molecule has 0 saturated carbocycles. The van der Waals surface area contributed by atoms with Gasteiger partial charge in [0.25, 0.3) is 11.4 Å². The molecule has 54 heavy (non-hydrogen) atoms. The maximum atomic E-state index is 13.0. The van der Waals surface area contributed by atoms with Crippen LogP contribution in [0.1, 0.15) is 22.8 Å². The first-order chi connectivity index (χ1) is 26.4. The molecule has 2 aliphatic heterocycles. The molecule has 0 unspecified atom stereocenters. The summed E-state index contributed by atoms with van der Waals surface area (Å²) >= 11 is 0. The number of aromatic amines is 2. The van der Waals surface area contributed by atoms with Crippen LogP contribution in [-0.2, 0) is 0 Å². The van der Waals surface area contributed by atoms with Crippen LogP contribution in [0.25, 0.3) is 90.5 Å². The highest BCUT2D eigenvalue weighted by atomic mass is 16.6. The minimum atomic E-state index is -0.487. The molecule has 9 rings (SSSR count). The first-order valence-corrected chi connectivity index (χ1v) is 17.2. The highest BCUT2D eigenvalue weighted by molar-refractivity contribution is 6.03. The van der Waals surface area contributed by atoms with Crippen LogP contribution in [0, 0.1) is 20.2 Å². The molecule has 10 nitrogen and oxygen atoms in total. The number of nitro groups is 2. The number of benzene rings is 4. The Morgan fingerprint density at radius 3 is 1.37 bits per heavy atom. The van der Waals surface area contributed by atoms with Crippen molar-refractivity contribution in [3.8, 4) is 44.5 Å². The summed E-state index contributed by atoms with van der Waals surface area (Å²) in [6.45, 7) is 0. The lowest BCUT2D eigenvalue weighted by atomic mass is 10.0. The zero-order valence-electron chi connectivity index (χ0n) is 28.4. The number of nitrogens with zero attached hydrogens (tertiary/aromatic N) is 4. The quantitative estimate of drug-likeness (QED) is 0.130. The summed E-state index contributed by atoms with van der Waals surface area (Å²) in [6.07, 6.45) is 5.31. The molecule has 10 heteroatoms. The van der Waals surface area contributed by atoms with Crippen molar-refractivity contribution >= 4 is 51.7 Å². The van der Waals surface area contributed by atoms with Gasteiger partial charge in [0.05, 0.1) is 32.4 Å². The lowest BCUT2D eigenvalue weighted by Crippen LogP contribution is -1.99. The maximum absolute atomic E-state index is 13.0. The normalized spacial score (nSPS) is 12.0. The first kappa shape index (κ1) is 32.2. The van der Waals surface area contributed by atoms with Gasteiger partial charge in [0.2, 0.25) is 0 Å². The lowest BCUT2D eigenvalue weighted by molar-refractivity contribution is -0.382. The van der Waals surface area contributed by atoms with Crippen LogP contribution in [0.4, 0.5) is 5.69 Å². The molecule has 3 aromatic heterocycles.